The number of hydrogen-bond acceptors (Lipinski definition) is 0. The molecule has 2 aromatic rings. The van der Waals surface area contributed by atoms with Crippen molar-refractivity contribution in [1.82, 2.24) is 0 Å². The molecule has 0 amide bonds. The molecule has 1 aliphatic rings. The predicted molar refractivity (Wildman–Crippen MR) is 371 cm³/mol. The van der Waals surface area contributed by atoms with Gasteiger partial charge in [-0.25, -0.2) is 4.70 Å². The molecule has 0 saturated heterocycles. The van der Waals surface area contributed by atoms with Crippen molar-refractivity contribution in [2.45, 2.75) is 399 Å². The van der Waals surface area contributed by atoms with Gasteiger partial charge in [0.15, 0.2) is 0 Å². The summed E-state index contributed by atoms with van der Waals surface area (Å²) >= 11 is 2.03. The van der Waals surface area contributed by atoms with Crippen LogP contribution in [0.1, 0.15) is 398 Å². The van der Waals surface area contributed by atoms with Crippen LogP contribution in [0, 0.1) is 0 Å². The first-order valence-corrected chi connectivity index (χ1v) is 38.7. The van der Waals surface area contributed by atoms with Crippen LogP contribution in [-0.4, -0.2) is 4.70 Å². The third kappa shape index (κ3) is 40.8. The second-order valence-corrected chi connectivity index (χ2v) is 27.2. The zero-order valence-corrected chi connectivity index (χ0v) is 57.6. The SMILES string of the molecule is CCCCCCCCCCCCCCC=CCCc1ccccc1C1=C(CCCC)C(CCCCCCCC)=C(c2cccc(CCCCCCCC)c2)[N+]1=[N-].CCCCCCCCCCCC[CH2][Ni][CH2]CCCCCCCCCCCC. The van der Waals surface area contributed by atoms with Crippen LogP contribution in [0.2, 0.25) is 10.8 Å². The van der Waals surface area contributed by atoms with Crippen LogP contribution in [0.15, 0.2) is 71.8 Å². The maximum absolute atomic E-state index is 12.4. The molecule has 0 spiro atoms. The third-order valence-electron chi connectivity index (χ3n) is 17.8. The molecular formula is C80H140N2Ni. The van der Waals surface area contributed by atoms with E-state index >= 15 is 0 Å². The summed E-state index contributed by atoms with van der Waals surface area (Å²) in [5.41, 5.74) is 22.4. The molecule has 2 nitrogen and oxygen atoms in total. The van der Waals surface area contributed by atoms with E-state index < -0.39 is 0 Å². The van der Waals surface area contributed by atoms with E-state index in [9.17, 15) is 5.53 Å². The molecular weight excluding hydrogens is 1050 g/mol. The zero-order valence-electron chi connectivity index (χ0n) is 56.6. The normalized spacial score (nSPS) is 12.7. The average Bonchev–Trinajstić information content (AvgIpc) is 2.51. The minimum Gasteiger partial charge on any atom is -0.0654 e. The molecule has 1 aliphatic heterocycles. The van der Waals surface area contributed by atoms with Gasteiger partial charge in [-0.15, -0.1) is 0 Å². The molecule has 3 heteroatoms. The first-order chi connectivity index (χ1) is 41.1. The van der Waals surface area contributed by atoms with E-state index in [1.807, 2.05) is 14.4 Å². The standard InChI is InChI=1S/C54H86N2.2C13H27.Ni/c1-5-9-13-16-19-20-21-22-23-24-25-26-27-28-30-33-40-48-41-35-36-44-50(48)54-52(43-12-8-4)51(45-34-31-18-15-11-7-3)53(56(54)55)49-42-37-39-47(46-49)38-32-29-17-14-10-6-2;2*1-3-5-7-9-11-13-12-10-8-6-4-2;/h28,30,35-37,39,41-42,44,46H,5-27,29,31-34,38,40,43,45H2,1-4H3;2*1,3-13H2,2H3;. The van der Waals surface area contributed by atoms with Gasteiger partial charge >= 0.3 is 166 Å². The summed E-state index contributed by atoms with van der Waals surface area (Å²) in [7, 11) is 0. The Bertz CT molecular complexity index is 1830. The minimum atomic E-state index is 0.999. The Hall–Kier alpha value is -2.25. The van der Waals surface area contributed by atoms with Gasteiger partial charge in [0.25, 0.3) is 0 Å². The van der Waals surface area contributed by atoms with Crippen molar-refractivity contribution in [2.24, 2.45) is 0 Å². The van der Waals surface area contributed by atoms with E-state index in [0.717, 1.165) is 56.3 Å². The Morgan fingerprint density at radius 2 is 0.687 bits per heavy atom. The Balaban J connectivity index is 0.000000731. The number of nitrogens with zero attached hydrogens (tertiary/aromatic N) is 2. The molecule has 0 bridgehead atoms. The van der Waals surface area contributed by atoms with Crippen molar-refractivity contribution in [3.63, 3.8) is 0 Å². The molecule has 83 heavy (non-hydrogen) atoms. The summed E-state index contributed by atoms with van der Waals surface area (Å²) in [5, 5.41) is 2.86. The molecule has 2 aromatic carbocycles. The van der Waals surface area contributed by atoms with Crippen LogP contribution in [0.5, 0.6) is 0 Å². The van der Waals surface area contributed by atoms with E-state index in [1.54, 1.807) is 4.70 Å². The van der Waals surface area contributed by atoms with E-state index in [2.05, 4.69) is 102 Å². The number of hydrogen-bond donors (Lipinski definition) is 0. The fourth-order valence-electron chi connectivity index (χ4n) is 12.5. The van der Waals surface area contributed by atoms with E-state index in [-0.39, 0.29) is 0 Å². The molecule has 0 aliphatic carbocycles. The Morgan fingerprint density at radius 3 is 1.14 bits per heavy atom. The number of aryl methyl sites for hydroxylation is 2. The fraction of sp³-hybridized carbons (Fsp3) is 0.775. The number of allylic oxidation sites excluding steroid dienone is 4. The Morgan fingerprint density at radius 1 is 0.325 bits per heavy atom. The van der Waals surface area contributed by atoms with Crippen LogP contribution in [-0.2, 0) is 27.3 Å². The van der Waals surface area contributed by atoms with E-state index in [1.165, 1.54) is 346 Å². The average molecular weight is 1190 g/mol. The molecule has 0 radical (unpaired) electrons. The molecule has 0 atom stereocenters. The van der Waals surface area contributed by atoms with Gasteiger partial charge in [-0.2, -0.15) is 0 Å². The van der Waals surface area contributed by atoms with Crippen LogP contribution in [0.4, 0.5) is 0 Å². The Labute approximate surface area is 526 Å². The van der Waals surface area contributed by atoms with Crippen molar-refractivity contribution in [3.05, 3.63) is 99.6 Å². The van der Waals surface area contributed by atoms with Gasteiger partial charge in [0, 0.05) is 22.3 Å². The molecule has 0 aromatic heterocycles. The first kappa shape index (κ1) is 76.9. The van der Waals surface area contributed by atoms with Gasteiger partial charge in [-0.1, -0.05) is 225 Å². The molecule has 0 fully saturated rings. The van der Waals surface area contributed by atoms with Gasteiger partial charge in [0.1, 0.15) is 0 Å². The quantitative estimate of drug-likeness (QED) is 0.0273. The zero-order chi connectivity index (χ0) is 59.6. The van der Waals surface area contributed by atoms with Gasteiger partial charge in [0.2, 0.25) is 11.4 Å². The molecule has 0 saturated carbocycles. The smallest absolute Gasteiger partial charge is 0.0654 e. The number of rotatable bonds is 59. The van der Waals surface area contributed by atoms with Crippen LogP contribution in [0.25, 0.3) is 16.9 Å². The van der Waals surface area contributed by atoms with Gasteiger partial charge in [0.05, 0.1) is 0 Å². The Kier molecular flexibility index (Phi) is 54.4. The summed E-state index contributed by atoms with van der Waals surface area (Å²) in [6, 6.07) is 18.1. The van der Waals surface area contributed by atoms with Crippen LogP contribution < -0.4 is 0 Å². The fourth-order valence-corrected chi connectivity index (χ4v) is 13.7. The summed E-state index contributed by atoms with van der Waals surface area (Å²) in [6.45, 7) is 13.8. The molecule has 1 heterocycles. The van der Waals surface area contributed by atoms with Crippen molar-refractivity contribution >= 4 is 11.4 Å². The summed E-state index contributed by atoms with van der Waals surface area (Å²) in [5.74, 6) is 0. The van der Waals surface area contributed by atoms with Gasteiger partial charge in [-0.05, 0) is 93.5 Å². The summed E-state index contributed by atoms with van der Waals surface area (Å²) in [6.07, 6.45) is 78.3. The third-order valence-corrected chi connectivity index (χ3v) is 19.2. The summed E-state index contributed by atoms with van der Waals surface area (Å²) in [4.78, 5) is 0. The van der Waals surface area contributed by atoms with Crippen molar-refractivity contribution < 1.29 is 19.1 Å². The van der Waals surface area contributed by atoms with Gasteiger partial charge < -0.3 is 5.53 Å². The monoisotopic (exact) mass is 1190 g/mol. The molecule has 3 rings (SSSR count). The number of benzene rings is 2. The predicted octanol–water partition coefficient (Wildman–Crippen LogP) is 28.8. The van der Waals surface area contributed by atoms with Crippen molar-refractivity contribution in [1.29, 1.82) is 0 Å². The topological polar surface area (TPSA) is 25.3 Å². The van der Waals surface area contributed by atoms with Crippen LogP contribution >= 0.6 is 0 Å². The maximum atomic E-state index is 12.4. The van der Waals surface area contributed by atoms with Crippen molar-refractivity contribution in [2.75, 3.05) is 0 Å². The van der Waals surface area contributed by atoms with E-state index in [4.69, 9.17) is 0 Å². The van der Waals surface area contributed by atoms with Crippen LogP contribution in [0.3, 0.4) is 0 Å². The van der Waals surface area contributed by atoms with Gasteiger partial charge in [-0.3, -0.25) is 0 Å². The summed E-state index contributed by atoms with van der Waals surface area (Å²) < 4.78 is 1.63. The first-order valence-electron chi connectivity index (χ1n) is 37.3. The molecule has 480 valence electrons. The second kappa shape index (κ2) is 58.8. The van der Waals surface area contributed by atoms with E-state index in [0.29, 0.717) is 0 Å². The van der Waals surface area contributed by atoms with Crippen molar-refractivity contribution in [3.8, 4) is 0 Å². The number of unbranched alkanes of at least 4 members (excludes halogenated alkanes) is 43. The minimum absolute atomic E-state index is 0.999. The second-order valence-electron chi connectivity index (χ2n) is 25.7. The molecule has 0 N–H and O–H groups in total. The molecule has 0 unspecified atom stereocenters.